The van der Waals surface area contributed by atoms with Crippen LogP contribution in [0.1, 0.15) is 28.8 Å². The van der Waals surface area contributed by atoms with E-state index in [2.05, 4.69) is 0 Å². The quantitative estimate of drug-likeness (QED) is 0.907. The third-order valence-corrected chi connectivity index (χ3v) is 4.08. The Morgan fingerprint density at radius 1 is 1.45 bits per heavy atom. The van der Waals surface area contributed by atoms with Gasteiger partial charge in [-0.1, -0.05) is 12.1 Å². The highest BCUT2D eigenvalue weighted by Gasteiger charge is 2.34. The Labute approximate surface area is 120 Å². The number of nitrogens with zero attached hydrogens (tertiary/aromatic N) is 1. The van der Waals surface area contributed by atoms with E-state index in [1.807, 2.05) is 6.07 Å². The molecule has 5 nitrogen and oxygen atoms in total. The molecule has 2 rings (SSSR count). The summed E-state index contributed by atoms with van der Waals surface area (Å²) in [5, 5.41) is 9.12. The smallest absolute Gasteiger partial charge is 0.326 e. The molecule has 0 saturated carbocycles. The summed E-state index contributed by atoms with van der Waals surface area (Å²) in [5.74, 6) is -0.830. The second-order valence-corrected chi connectivity index (χ2v) is 6.35. The Morgan fingerprint density at radius 3 is 2.85 bits per heavy atom. The van der Waals surface area contributed by atoms with Crippen LogP contribution >= 0.6 is 0 Å². The molecule has 0 radical (unpaired) electrons. The first-order valence-corrected chi connectivity index (χ1v) is 8.14. The van der Waals surface area contributed by atoms with Crippen LogP contribution in [0.15, 0.2) is 24.3 Å². The van der Waals surface area contributed by atoms with E-state index in [1.165, 1.54) is 4.90 Å². The fourth-order valence-corrected chi connectivity index (χ4v) is 3.11. The zero-order valence-corrected chi connectivity index (χ0v) is 12.1. The number of benzene rings is 1. The molecule has 1 saturated heterocycles. The van der Waals surface area contributed by atoms with E-state index in [0.717, 1.165) is 5.56 Å². The van der Waals surface area contributed by atoms with E-state index in [1.54, 1.807) is 24.5 Å². The third kappa shape index (κ3) is 3.25. The van der Waals surface area contributed by atoms with Crippen molar-refractivity contribution in [2.45, 2.75) is 24.6 Å². The molecule has 1 fully saturated rings. The molecule has 0 aromatic heterocycles. The van der Waals surface area contributed by atoms with Crippen LogP contribution in [0.4, 0.5) is 0 Å². The molecule has 20 heavy (non-hydrogen) atoms. The monoisotopic (exact) mass is 295 g/mol. The van der Waals surface area contributed by atoms with Crippen LogP contribution in [0.25, 0.3) is 0 Å². The third-order valence-electron chi connectivity index (χ3n) is 3.34. The van der Waals surface area contributed by atoms with Crippen molar-refractivity contribution in [1.29, 1.82) is 0 Å². The average Bonchev–Trinajstić information content (AvgIpc) is 2.86. The fourth-order valence-electron chi connectivity index (χ4n) is 2.46. The molecule has 6 heteroatoms. The number of carbonyl (C=O) groups excluding carboxylic acids is 1. The van der Waals surface area contributed by atoms with E-state index in [4.69, 9.17) is 5.11 Å². The van der Waals surface area contributed by atoms with Gasteiger partial charge in [-0.15, -0.1) is 0 Å². The van der Waals surface area contributed by atoms with Crippen molar-refractivity contribution in [2.24, 2.45) is 0 Å². The summed E-state index contributed by atoms with van der Waals surface area (Å²) in [5.41, 5.74) is 1.28. The molecule has 0 spiro atoms. The molecular formula is C14H17NO4S. The second kappa shape index (κ2) is 6.17. The van der Waals surface area contributed by atoms with E-state index in [0.29, 0.717) is 30.7 Å². The highest BCUT2D eigenvalue weighted by Crippen LogP contribution is 2.21. The Balaban J connectivity index is 2.20. The number of likely N-dealkylation sites (tertiary alicyclic amines) is 1. The first-order chi connectivity index (χ1) is 9.49. The zero-order valence-electron chi connectivity index (χ0n) is 11.2. The number of carboxylic acid groups (broad SMARTS) is 1. The van der Waals surface area contributed by atoms with E-state index in [9.17, 15) is 13.8 Å². The van der Waals surface area contributed by atoms with Crippen molar-refractivity contribution in [1.82, 2.24) is 4.90 Å². The lowest BCUT2D eigenvalue weighted by Crippen LogP contribution is -2.40. The van der Waals surface area contributed by atoms with Gasteiger partial charge in [0, 0.05) is 34.9 Å². The maximum absolute atomic E-state index is 12.4. The number of hydrogen-bond acceptors (Lipinski definition) is 3. The minimum Gasteiger partial charge on any atom is -0.480 e. The molecular weight excluding hydrogens is 278 g/mol. The van der Waals surface area contributed by atoms with Crippen molar-refractivity contribution in [3.8, 4) is 0 Å². The molecule has 108 valence electrons. The van der Waals surface area contributed by atoms with Crippen LogP contribution in [0.2, 0.25) is 0 Å². The number of rotatable bonds is 4. The number of hydrogen-bond donors (Lipinski definition) is 1. The second-order valence-electron chi connectivity index (χ2n) is 4.91. The molecule has 1 aliphatic rings. The van der Waals surface area contributed by atoms with Crippen molar-refractivity contribution in [3.05, 3.63) is 35.4 Å². The highest BCUT2D eigenvalue weighted by atomic mass is 32.2. The van der Waals surface area contributed by atoms with Crippen molar-refractivity contribution in [2.75, 3.05) is 12.8 Å². The molecule has 0 bridgehead atoms. The van der Waals surface area contributed by atoms with Crippen molar-refractivity contribution in [3.63, 3.8) is 0 Å². The topological polar surface area (TPSA) is 74.7 Å². The summed E-state index contributed by atoms with van der Waals surface area (Å²) in [4.78, 5) is 24.9. The van der Waals surface area contributed by atoms with Gasteiger partial charge in [-0.3, -0.25) is 9.00 Å². The molecule has 1 aromatic rings. The van der Waals surface area contributed by atoms with Gasteiger partial charge >= 0.3 is 5.97 Å². The van der Waals surface area contributed by atoms with Crippen LogP contribution in [0, 0.1) is 0 Å². The Kier molecular flexibility index (Phi) is 4.54. The molecule has 2 atom stereocenters. The van der Waals surface area contributed by atoms with Gasteiger partial charge in [0.25, 0.3) is 5.91 Å². The van der Waals surface area contributed by atoms with Crippen LogP contribution in [-0.2, 0) is 21.3 Å². The van der Waals surface area contributed by atoms with Gasteiger partial charge in [-0.25, -0.2) is 4.79 Å². The molecule has 1 aliphatic heterocycles. The molecule has 1 N–H and O–H groups in total. The van der Waals surface area contributed by atoms with E-state index < -0.39 is 22.8 Å². The summed E-state index contributed by atoms with van der Waals surface area (Å²) >= 11 is 0. The summed E-state index contributed by atoms with van der Waals surface area (Å²) in [6.07, 6.45) is 2.82. The molecule has 1 aromatic carbocycles. The zero-order chi connectivity index (χ0) is 14.7. The first kappa shape index (κ1) is 14.7. The summed E-state index contributed by atoms with van der Waals surface area (Å²) in [6.45, 7) is 0.472. The standard InChI is InChI=1S/C14H17NO4S/c1-20(19)9-10-4-2-5-11(8-10)13(16)15-7-3-6-12(15)14(17)18/h2,4-5,8,12H,3,6-7,9H2,1H3,(H,17,18). The lowest BCUT2D eigenvalue weighted by Gasteiger charge is -2.21. The number of aliphatic carboxylic acids is 1. The van der Waals surface area contributed by atoms with E-state index >= 15 is 0 Å². The minimum absolute atomic E-state index is 0.265. The number of carboxylic acids is 1. The summed E-state index contributed by atoms with van der Waals surface area (Å²) in [6, 6.07) is 6.19. The summed E-state index contributed by atoms with van der Waals surface area (Å²) in [7, 11) is -0.973. The molecule has 1 amide bonds. The maximum Gasteiger partial charge on any atom is 0.326 e. The summed E-state index contributed by atoms with van der Waals surface area (Å²) < 4.78 is 11.2. The van der Waals surface area contributed by atoms with Crippen LogP contribution in [0.3, 0.4) is 0 Å². The molecule has 0 aliphatic carbocycles. The van der Waals surface area contributed by atoms with Crippen LogP contribution < -0.4 is 0 Å². The highest BCUT2D eigenvalue weighted by molar-refractivity contribution is 7.83. The Hall–Kier alpha value is -1.69. The van der Waals surface area contributed by atoms with Gasteiger partial charge < -0.3 is 10.0 Å². The van der Waals surface area contributed by atoms with E-state index in [-0.39, 0.29) is 5.91 Å². The van der Waals surface area contributed by atoms with Crippen LogP contribution in [-0.4, -0.2) is 44.9 Å². The Morgan fingerprint density at radius 2 is 2.20 bits per heavy atom. The van der Waals surface area contributed by atoms with Gasteiger partial charge in [0.2, 0.25) is 0 Å². The van der Waals surface area contributed by atoms with Gasteiger partial charge in [0.15, 0.2) is 0 Å². The molecule has 2 unspecified atom stereocenters. The van der Waals surface area contributed by atoms with Crippen LogP contribution in [0.5, 0.6) is 0 Å². The van der Waals surface area contributed by atoms with Gasteiger partial charge in [-0.05, 0) is 30.5 Å². The number of carbonyl (C=O) groups is 2. The molecule has 1 heterocycles. The predicted molar refractivity (Wildman–Crippen MR) is 75.9 cm³/mol. The van der Waals surface area contributed by atoms with Crippen molar-refractivity contribution < 1.29 is 18.9 Å². The lowest BCUT2D eigenvalue weighted by molar-refractivity contribution is -0.141. The number of amides is 1. The SMILES string of the molecule is CS(=O)Cc1cccc(C(=O)N2CCCC2C(=O)O)c1. The first-order valence-electron chi connectivity index (χ1n) is 6.42. The van der Waals surface area contributed by atoms with Crippen molar-refractivity contribution >= 4 is 22.7 Å². The lowest BCUT2D eigenvalue weighted by atomic mass is 10.1. The largest absolute Gasteiger partial charge is 0.480 e. The minimum atomic E-state index is -0.973. The van der Waals surface area contributed by atoms with Gasteiger partial charge in [0.1, 0.15) is 6.04 Å². The average molecular weight is 295 g/mol. The normalized spacial score (nSPS) is 19.9. The van der Waals surface area contributed by atoms with Gasteiger partial charge in [-0.2, -0.15) is 0 Å². The predicted octanol–water partition coefficient (Wildman–Crippen LogP) is 1.25. The Bertz CT molecular complexity index is 558. The fraction of sp³-hybridized carbons (Fsp3) is 0.429. The van der Waals surface area contributed by atoms with Gasteiger partial charge in [0.05, 0.1) is 0 Å². The maximum atomic E-state index is 12.4.